The quantitative estimate of drug-likeness (QED) is 0.288. The molecule has 3 aromatic carbocycles. The summed E-state index contributed by atoms with van der Waals surface area (Å²) in [6, 6.07) is 16.1. The van der Waals surface area contributed by atoms with Crippen molar-refractivity contribution in [1.82, 2.24) is 0 Å². The molecule has 0 aliphatic carbocycles. The van der Waals surface area contributed by atoms with Crippen molar-refractivity contribution in [3.05, 3.63) is 90.0 Å². The van der Waals surface area contributed by atoms with Crippen LogP contribution in [-0.2, 0) is 6.18 Å². The first-order valence-corrected chi connectivity index (χ1v) is 9.29. The first-order valence-electron chi connectivity index (χ1n) is 9.29. The maximum atomic E-state index is 13.5. The van der Waals surface area contributed by atoms with Crippen LogP contribution < -0.4 is 10.3 Å². The molecule has 0 aliphatic rings. The van der Waals surface area contributed by atoms with Crippen molar-refractivity contribution in [2.24, 2.45) is 0 Å². The minimum Gasteiger partial charge on any atom is -0.355 e. The summed E-state index contributed by atoms with van der Waals surface area (Å²) in [6.45, 7) is 0. The second-order valence-electron chi connectivity index (χ2n) is 6.82. The van der Waals surface area contributed by atoms with Crippen molar-refractivity contribution < 1.29 is 35.8 Å². The molecule has 0 radical (unpaired) electrons. The number of rotatable bonds is 6. The Kier molecular flexibility index (Phi) is 6.75. The van der Waals surface area contributed by atoms with Crippen LogP contribution in [-0.4, -0.2) is 11.9 Å². The lowest BCUT2D eigenvalue weighted by Crippen LogP contribution is -2.21. The Morgan fingerprint density at radius 1 is 0.818 bits per heavy atom. The molecule has 0 heterocycles. The van der Waals surface area contributed by atoms with Gasteiger partial charge in [0.25, 0.3) is 0 Å². The van der Waals surface area contributed by atoms with Gasteiger partial charge in [0.2, 0.25) is 0 Å². The number of alkyl halides is 6. The van der Waals surface area contributed by atoms with Crippen LogP contribution in [0.25, 0.3) is 16.8 Å². The van der Waals surface area contributed by atoms with E-state index in [4.69, 9.17) is 5.41 Å². The topological polar surface area (TPSA) is 45.1 Å². The third-order valence-corrected chi connectivity index (χ3v) is 4.54. The molecule has 0 unspecified atom stereocenters. The molecule has 172 valence electrons. The number of allylic oxidation sites excluding steroid dienone is 1. The highest BCUT2D eigenvalue weighted by Crippen LogP contribution is 2.36. The van der Waals surface area contributed by atoms with Crippen molar-refractivity contribution in [1.29, 1.82) is 5.41 Å². The van der Waals surface area contributed by atoms with E-state index in [1.807, 2.05) is 0 Å². The summed E-state index contributed by atoms with van der Waals surface area (Å²) in [7, 11) is 0. The zero-order chi connectivity index (χ0) is 24.2. The van der Waals surface area contributed by atoms with Crippen LogP contribution >= 0.6 is 0 Å². The summed E-state index contributed by atoms with van der Waals surface area (Å²) >= 11 is 0. The van der Waals surface area contributed by atoms with Crippen molar-refractivity contribution in [2.75, 3.05) is 5.32 Å². The number of hydrogen-bond acceptors (Lipinski definition) is 3. The molecule has 0 spiro atoms. The van der Waals surface area contributed by atoms with E-state index in [1.165, 1.54) is 30.3 Å². The zero-order valence-electron chi connectivity index (χ0n) is 16.6. The van der Waals surface area contributed by atoms with E-state index in [2.05, 4.69) is 10.3 Å². The van der Waals surface area contributed by atoms with Gasteiger partial charge in [-0.05, 0) is 47.5 Å². The number of nitrogens with one attached hydrogen (secondary N) is 2. The van der Waals surface area contributed by atoms with Crippen LogP contribution in [0.1, 0.15) is 11.1 Å². The van der Waals surface area contributed by atoms with Crippen molar-refractivity contribution in [3.8, 4) is 16.9 Å². The molecule has 0 atom stereocenters. The van der Waals surface area contributed by atoms with Crippen molar-refractivity contribution in [3.63, 3.8) is 0 Å². The molecule has 3 rings (SSSR count). The monoisotopic (exact) mass is 468 g/mol. The van der Waals surface area contributed by atoms with Gasteiger partial charge in [-0.25, -0.2) is 0 Å². The number of hydrogen-bond donors (Lipinski definition) is 2. The van der Waals surface area contributed by atoms with E-state index in [0.29, 0.717) is 17.2 Å². The van der Waals surface area contributed by atoms with E-state index in [0.717, 1.165) is 18.2 Å². The summed E-state index contributed by atoms with van der Waals surface area (Å²) in [5.74, 6) is -0.0330. The predicted molar refractivity (Wildman–Crippen MR) is 110 cm³/mol. The fourth-order valence-corrected chi connectivity index (χ4v) is 3.00. The van der Waals surface area contributed by atoms with Gasteiger partial charge in [0.05, 0.1) is 5.56 Å². The maximum Gasteiger partial charge on any atom is 0.432 e. The van der Waals surface area contributed by atoms with Gasteiger partial charge in [0.1, 0.15) is 5.71 Å². The average molecular weight is 468 g/mol. The number of halogens is 7. The van der Waals surface area contributed by atoms with Gasteiger partial charge >= 0.3 is 12.4 Å². The van der Waals surface area contributed by atoms with Crippen LogP contribution in [0.3, 0.4) is 0 Å². The van der Waals surface area contributed by atoms with Gasteiger partial charge in [0.15, 0.2) is 5.75 Å². The van der Waals surface area contributed by atoms with Gasteiger partial charge in [-0.2, -0.15) is 26.3 Å². The summed E-state index contributed by atoms with van der Waals surface area (Å²) in [5, 5.41) is 9.78. The third-order valence-electron chi connectivity index (χ3n) is 4.54. The van der Waals surface area contributed by atoms with Crippen LogP contribution in [0.4, 0.5) is 36.6 Å². The highest BCUT2D eigenvalue weighted by molar-refractivity contribution is 6.04. The molecule has 2 N–H and O–H groups in total. The van der Waals surface area contributed by atoms with Gasteiger partial charge in [-0.3, -0.25) is 10.4 Å². The summed E-state index contributed by atoms with van der Waals surface area (Å²) in [6.07, 6.45) is -9.57. The lowest BCUT2D eigenvalue weighted by atomic mass is 10.0. The molecule has 0 saturated carbocycles. The maximum absolute atomic E-state index is 13.5. The molecule has 0 saturated heterocycles. The first kappa shape index (κ1) is 23.8. The van der Waals surface area contributed by atoms with Gasteiger partial charge in [-0.1, -0.05) is 42.5 Å². The van der Waals surface area contributed by atoms with Gasteiger partial charge < -0.3 is 5.32 Å². The second kappa shape index (κ2) is 9.35. The molecule has 10 heteroatoms. The predicted octanol–water partition coefficient (Wildman–Crippen LogP) is 7.67. The zero-order valence-corrected chi connectivity index (χ0v) is 16.6. The number of benzene rings is 3. The fourth-order valence-electron chi connectivity index (χ4n) is 3.00. The largest absolute Gasteiger partial charge is 0.432 e. The normalized spacial score (nSPS) is 12.4. The minimum absolute atomic E-state index is 0.0330. The molecule has 0 aliphatic heterocycles. The lowest BCUT2D eigenvalue weighted by Gasteiger charge is -2.18. The molecular formula is C23H15F7N2O. The Bertz CT molecular complexity index is 1170. The summed E-state index contributed by atoms with van der Waals surface area (Å²) < 4.78 is 91.6. The van der Waals surface area contributed by atoms with Gasteiger partial charge in [-0.15, -0.1) is 0 Å². The molecule has 3 nitrogen and oxygen atoms in total. The molecule has 0 fully saturated rings. The Morgan fingerprint density at radius 2 is 1.48 bits per heavy atom. The average Bonchev–Trinajstić information content (AvgIpc) is 2.78. The first-order chi connectivity index (χ1) is 15.5. The van der Waals surface area contributed by atoms with E-state index < -0.39 is 34.9 Å². The Hall–Kier alpha value is -3.82. The smallest absolute Gasteiger partial charge is 0.355 e. The molecule has 33 heavy (non-hydrogen) atoms. The lowest BCUT2D eigenvalue weighted by molar-refractivity contribution is -0.137. The molecule has 0 amide bonds. The third kappa shape index (κ3) is 5.91. The van der Waals surface area contributed by atoms with Crippen LogP contribution in [0.5, 0.6) is 5.75 Å². The SMILES string of the molecule is N=C(/C=C(\Nc1ccc(-c2cccc(OF)c2)cc1)c1ccccc1C(F)(F)F)C(F)(F)F. The van der Waals surface area contributed by atoms with Crippen molar-refractivity contribution >= 4 is 17.1 Å². The second-order valence-corrected chi connectivity index (χ2v) is 6.82. The Labute approximate surface area is 183 Å². The van der Waals surface area contributed by atoms with E-state index >= 15 is 0 Å². The van der Waals surface area contributed by atoms with Crippen LogP contribution in [0.2, 0.25) is 0 Å². The molecular weight excluding hydrogens is 453 g/mol. The minimum atomic E-state index is -5.05. The highest BCUT2D eigenvalue weighted by Gasteiger charge is 2.36. The standard InChI is InChI=1S/C23H15F7N2O/c24-22(25,26)19-7-2-1-6-18(19)20(13-21(31)23(27,28)29)32-16-10-8-14(9-11-16)15-4-3-5-17(12-15)33-30/h1-13,31-32H/b20-13-,31-21?. The molecule has 0 bridgehead atoms. The molecule has 3 aromatic rings. The van der Waals surface area contributed by atoms with E-state index in [-0.39, 0.29) is 11.4 Å². The van der Waals surface area contributed by atoms with E-state index in [1.54, 1.807) is 24.3 Å². The number of anilines is 1. The van der Waals surface area contributed by atoms with E-state index in [9.17, 15) is 30.9 Å². The fraction of sp³-hybridized carbons (Fsp3) is 0.0870. The molecule has 0 aromatic heterocycles. The summed E-state index contributed by atoms with van der Waals surface area (Å²) in [4.78, 5) is 3.68. The Morgan fingerprint density at radius 3 is 2.09 bits per heavy atom. The van der Waals surface area contributed by atoms with Crippen LogP contribution in [0, 0.1) is 5.41 Å². The summed E-state index contributed by atoms with van der Waals surface area (Å²) in [5.41, 5.74) is -2.71. The van der Waals surface area contributed by atoms with Gasteiger partial charge in [0, 0.05) is 21.5 Å². The Balaban J connectivity index is 2.00. The highest BCUT2D eigenvalue weighted by atomic mass is 19.4. The van der Waals surface area contributed by atoms with Crippen LogP contribution in [0.15, 0.2) is 78.9 Å². The van der Waals surface area contributed by atoms with Crippen molar-refractivity contribution in [2.45, 2.75) is 12.4 Å².